The number of aromatic nitrogens is 2. The molecule has 0 spiro atoms. The molecule has 2 aromatic rings. The minimum atomic E-state index is -0.261. The molecule has 1 aliphatic rings. The lowest BCUT2D eigenvalue weighted by atomic mass is 10.2. The quantitative estimate of drug-likeness (QED) is 0.890. The molecule has 1 fully saturated rings. The Labute approximate surface area is 153 Å². The van der Waals surface area contributed by atoms with Crippen molar-refractivity contribution in [3.05, 3.63) is 53.2 Å². The molecule has 1 saturated heterocycles. The fourth-order valence-electron chi connectivity index (χ4n) is 2.99. The van der Waals surface area contributed by atoms with E-state index in [1.54, 1.807) is 25.1 Å². The highest BCUT2D eigenvalue weighted by Gasteiger charge is 2.23. The number of hydrogen-bond acceptors (Lipinski definition) is 5. The van der Waals surface area contributed by atoms with Crippen LogP contribution in [0.1, 0.15) is 28.8 Å². The van der Waals surface area contributed by atoms with Gasteiger partial charge in [0.25, 0.3) is 5.91 Å². The lowest BCUT2D eigenvalue weighted by Crippen LogP contribution is -2.48. The summed E-state index contributed by atoms with van der Waals surface area (Å²) in [4.78, 5) is 25.6. The average molecular weight is 357 g/mol. The first-order valence-electron chi connectivity index (χ1n) is 8.91. The molecule has 3 rings (SSSR count). The van der Waals surface area contributed by atoms with Gasteiger partial charge in [0.1, 0.15) is 23.2 Å². The zero-order valence-electron chi connectivity index (χ0n) is 15.2. The molecule has 2 heterocycles. The summed E-state index contributed by atoms with van der Waals surface area (Å²) in [5, 5.41) is 3.18. The summed E-state index contributed by atoms with van der Waals surface area (Å²) in [6.45, 7) is 8.62. The van der Waals surface area contributed by atoms with Crippen molar-refractivity contribution in [3.8, 4) is 0 Å². The van der Waals surface area contributed by atoms with Crippen LogP contribution in [-0.2, 0) is 6.54 Å². The highest BCUT2D eigenvalue weighted by atomic mass is 19.1. The van der Waals surface area contributed by atoms with E-state index in [-0.39, 0.29) is 11.7 Å². The van der Waals surface area contributed by atoms with E-state index >= 15 is 0 Å². The van der Waals surface area contributed by atoms with Gasteiger partial charge in [0, 0.05) is 38.8 Å². The Hall–Kier alpha value is -2.54. The smallest absolute Gasteiger partial charge is 0.272 e. The number of halogens is 1. The van der Waals surface area contributed by atoms with Crippen LogP contribution in [0.3, 0.4) is 0 Å². The van der Waals surface area contributed by atoms with Crippen molar-refractivity contribution in [2.24, 2.45) is 0 Å². The summed E-state index contributed by atoms with van der Waals surface area (Å²) in [7, 11) is 0. The third-order valence-electron chi connectivity index (χ3n) is 4.55. The Balaban J connectivity index is 1.67. The second-order valence-corrected chi connectivity index (χ2v) is 6.39. The lowest BCUT2D eigenvalue weighted by molar-refractivity contribution is 0.0637. The van der Waals surface area contributed by atoms with Crippen LogP contribution in [0.2, 0.25) is 0 Å². The minimum Gasteiger partial charge on any atom is -0.366 e. The number of benzene rings is 1. The summed E-state index contributed by atoms with van der Waals surface area (Å²) in [6, 6.07) is 7.97. The van der Waals surface area contributed by atoms with Crippen LogP contribution in [-0.4, -0.2) is 58.4 Å². The van der Waals surface area contributed by atoms with E-state index in [0.29, 0.717) is 37.0 Å². The van der Waals surface area contributed by atoms with E-state index in [4.69, 9.17) is 0 Å². The molecule has 1 aromatic heterocycles. The number of hydrogen-bond donors (Lipinski definition) is 1. The van der Waals surface area contributed by atoms with E-state index in [2.05, 4.69) is 27.1 Å². The zero-order valence-corrected chi connectivity index (χ0v) is 15.2. The van der Waals surface area contributed by atoms with Crippen molar-refractivity contribution in [1.82, 2.24) is 19.8 Å². The molecular formula is C19H24FN5O. The summed E-state index contributed by atoms with van der Waals surface area (Å²) in [5.74, 6) is 0.820. The highest BCUT2D eigenvalue weighted by molar-refractivity contribution is 5.93. The van der Waals surface area contributed by atoms with Crippen LogP contribution in [0.25, 0.3) is 0 Å². The summed E-state index contributed by atoms with van der Waals surface area (Å²) >= 11 is 0. The lowest BCUT2D eigenvalue weighted by Gasteiger charge is -2.33. The molecule has 1 amide bonds. The van der Waals surface area contributed by atoms with Crippen molar-refractivity contribution in [2.45, 2.75) is 20.4 Å². The standard InChI is InChI=1S/C19H24FN5O/c1-3-24-8-10-25(11-9-24)19(26)17-12-18(23-14(2)22-17)21-13-15-4-6-16(20)7-5-15/h4-7,12H,3,8-11,13H2,1-2H3,(H,21,22,23). The van der Waals surface area contributed by atoms with E-state index < -0.39 is 0 Å². The molecule has 0 atom stereocenters. The monoisotopic (exact) mass is 357 g/mol. The predicted octanol–water partition coefficient (Wildman–Crippen LogP) is 2.31. The highest BCUT2D eigenvalue weighted by Crippen LogP contribution is 2.13. The second kappa shape index (κ2) is 8.23. The summed E-state index contributed by atoms with van der Waals surface area (Å²) in [6.07, 6.45) is 0. The van der Waals surface area contributed by atoms with Crippen LogP contribution < -0.4 is 5.32 Å². The Morgan fingerprint density at radius 1 is 1.15 bits per heavy atom. The van der Waals surface area contributed by atoms with Crippen molar-refractivity contribution >= 4 is 11.7 Å². The molecule has 0 aliphatic carbocycles. The molecule has 7 heteroatoms. The Kier molecular flexibility index (Phi) is 5.78. The number of nitrogens with one attached hydrogen (secondary N) is 1. The van der Waals surface area contributed by atoms with Gasteiger partial charge in [-0.25, -0.2) is 14.4 Å². The van der Waals surface area contributed by atoms with Crippen molar-refractivity contribution in [1.29, 1.82) is 0 Å². The van der Waals surface area contributed by atoms with Gasteiger partial charge in [0.15, 0.2) is 0 Å². The van der Waals surface area contributed by atoms with E-state index in [9.17, 15) is 9.18 Å². The molecule has 1 aliphatic heterocycles. The maximum Gasteiger partial charge on any atom is 0.272 e. The van der Waals surface area contributed by atoms with Crippen LogP contribution >= 0.6 is 0 Å². The fourth-order valence-corrected chi connectivity index (χ4v) is 2.99. The SMILES string of the molecule is CCN1CCN(C(=O)c2cc(NCc3ccc(F)cc3)nc(C)n2)CC1. The van der Waals surface area contributed by atoms with Crippen molar-refractivity contribution in [2.75, 3.05) is 38.0 Å². The number of anilines is 1. The number of carbonyl (C=O) groups is 1. The topological polar surface area (TPSA) is 61.4 Å². The number of rotatable bonds is 5. The maximum atomic E-state index is 13.0. The molecule has 0 radical (unpaired) electrons. The largest absolute Gasteiger partial charge is 0.366 e. The first-order chi connectivity index (χ1) is 12.5. The van der Waals surface area contributed by atoms with Crippen LogP contribution in [0, 0.1) is 12.7 Å². The van der Waals surface area contributed by atoms with Gasteiger partial charge in [-0.05, 0) is 31.2 Å². The van der Waals surface area contributed by atoms with Crippen LogP contribution in [0.15, 0.2) is 30.3 Å². The van der Waals surface area contributed by atoms with Gasteiger partial charge < -0.3 is 15.1 Å². The van der Waals surface area contributed by atoms with E-state index in [1.165, 1.54) is 12.1 Å². The molecule has 6 nitrogen and oxygen atoms in total. The Morgan fingerprint density at radius 3 is 2.50 bits per heavy atom. The minimum absolute atomic E-state index is 0.0592. The van der Waals surface area contributed by atoms with Crippen LogP contribution in [0.4, 0.5) is 10.2 Å². The number of amides is 1. The van der Waals surface area contributed by atoms with Crippen molar-refractivity contribution < 1.29 is 9.18 Å². The van der Waals surface area contributed by atoms with Gasteiger partial charge in [-0.1, -0.05) is 19.1 Å². The zero-order chi connectivity index (χ0) is 18.5. The number of piperazine rings is 1. The molecule has 1 N–H and O–H groups in total. The molecule has 0 bridgehead atoms. The molecule has 0 unspecified atom stereocenters. The van der Waals surface area contributed by atoms with Gasteiger partial charge in [0.05, 0.1) is 0 Å². The molecule has 26 heavy (non-hydrogen) atoms. The van der Waals surface area contributed by atoms with E-state index in [1.807, 2.05) is 4.90 Å². The van der Waals surface area contributed by atoms with Gasteiger partial charge in [0.2, 0.25) is 0 Å². The van der Waals surface area contributed by atoms with Gasteiger partial charge in [-0.3, -0.25) is 4.79 Å². The normalized spacial score (nSPS) is 15.1. The Morgan fingerprint density at radius 2 is 1.85 bits per heavy atom. The fraction of sp³-hybridized carbons (Fsp3) is 0.421. The molecule has 138 valence electrons. The third kappa shape index (κ3) is 4.54. The van der Waals surface area contributed by atoms with Gasteiger partial charge in [-0.2, -0.15) is 0 Å². The average Bonchev–Trinajstić information content (AvgIpc) is 2.66. The number of likely N-dealkylation sites (N-methyl/N-ethyl adjacent to an activating group) is 1. The van der Waals surface area contributed by atoms with E-state index in [0.717, 1.165) is 25.2 Å². The number of carbonyl (C=O) groups excluding carboxylic acids is 1. The predicted molar refractivity (Wildman–Crippen MR) is 98.5 cm³/mol. The third-order valence-corrected chi connectivity index (χ3v) is 4.55. The summed E-state index contributed by atoms with van der Waals surface area (Å²) in [5.41, 5.74) is 1.34. The van der Waals surface area contributed by atoms with Gasteiger partial charge in [-0.15, -0.1) is 0 Å². The number of aryl methyl sites for hydroxylation is 1. The number of nitrogens with zero attached hydrogens (tertiary/aromatic N) is 4. The first-order valence-corrected chi connectivity index (χ1v) is 8.91. The van der Waals surface area contributed by atoms with Crippen LogP contribution in [0.5, 0.6) is 0 Å². The maximum absolute atomic E-state index is 13.0. The van der Waals surface area contributed by atoms with Crippen molar-refractivity contribution in [3.63, 3.8) is 0 Å². The second-order valence-electron chi connectivity index (χ2n) is 6.39. The first kappa shape index (κ1) is 18.3. The molecule has 0 saturated carbocycles. The molecule has 1 aromatic carbocycles. The Bertz CT molecular complexity index is 757. The molecular weight excluding hydrogens is 333 g/mol. The summed E-state index contributed by atoms with van der Waals surface area (Å²) < 4.78 is 13.0. The van der Waals surface area contributed by atoms with Gasteiger partial charge >= 0.3 is 0 Å².